The minimum atomic E-state index is -1.58. The standard InChI is InChI=1S/C16H32N4O4/c1-13(2)7-17-9-16(6,24)12(22)20-14(3,4)8-18-10-15(5,23)11(21)19-13/h17-18,23-24H,7-10H2,1-6H3,(H,19,21)(H,20,22)/t15-,16+. The smallest absolute Gasteiger partial charge is 0.253 e. The Bertz CT molecular complexity index is 442. The maximum atomic E-state index is 12.3. The largest absolute Gasteiger partial charge is 0.379 e. The van der Waals surface area contributed by atoms with Crippen LogP contribution in [0.15, 0.2) is 0 Å². The lowest BCUT2D eigenvalue weighted by molar-refractivity contribution is -0.141. The van der Waals surface area contributed by atoms with Gasteiger partial charge in [0, 0.05) is 37.3 Å². The molecule has 1 heterocycles. The Morgan fingerprint density at radius 3 is 1.25 bits per heavy atom. The Hall–Kier alpha value is -1.22. The Morgan fingerprint density at radius 1 is 0.667 bits per heavy atom. The first kappa shape index (κ1) is 20.8. The number of carbonyl (C=O) groups excluding carboxylic acids is 2. The fourth-order valence-electron chi connectivity index (χ4n) is 2.37. The van der Waals surface area contributed by atoms with Crippen LogP contribution in [-0.4, -0.2) is 70.5 Å². The first-order chi connectivity index (χ1) is 10.7. The molecule has 0 aliphatic carbocycles. The van der Waals surface area contributed by atoms with Crippen LogP contribution < -0.4 is 21.3 Å². The molecule has 0 aromatic heterocycles. The Kier molecular flexibility index (Phi) is 6.03. The number of hydrogen-bond acceptors (Lipinski definition) is 6. The van der Waals surface area contributed by atoms with E-state index in [2.05, 4.69) is 21.3 Å². The topological polar surface area (TPSA) is 123 Å². The molecule has 1 rings (SSSR count). The monoisotopic (exact) mass is 344 g/mol. The van der Waals surface area contributed by atoms with Gasteiger partial charge in [-0.25, -0.2) is 0 Å². The second kappa shape index (κ2) is 6.95. The molecule has 0 bridgehead atoms. The quantitative estimate of drug-likeness (QED) is 0.317. The van der Waals surface area contributed by atoms with Crippen LogP contribution in [0.3, 0.4) is 0 Å². The van der Waals surface area contributed by atoms with E-state index in [1.54, 1.807) is 27.7 Å². The van der Waals surface area contributed by atoms with Crippen LogP contribution >= 0.6 is 0 Å². The predicted molar refractivity (Wildman–Crippen MR) is 91.4 cm³/mol. The van der Waals surface area contributed by atoms with Crippen LogP contribution in [0.2, 0.25) is 0 Å². The van der Waals surface area contributed by atoms with Gasteiger partial charge in [-0.05, 0) is 41.5 Å². The van der Waals surface area contributed by atoms with E-state index in [9.17, 15) is 19.8 Å². The molecule has 0 radical (unpaired) electrons. The summed E-state index contributed by atoms with van der Waals surface area (Å²) >= 11 is 0. The van der Waals surface area contributed by atoms with Gasteiger partial charge in [0.05, 0.1) is 0 Å². The molecule has 0 spiro atoms. The molecule has 0 aromatic rings. The van der Waals surface area contributed by atoms with Gasteiger partial charge in [-0.3, -0.25) is 9.59 Å². The number of nitrogens with one attached hydrogen (secondary N) is 4. The third kappa shape index (κ3) is 6.01. The first-order valence-electron chi connectivity index (χ1n) is 8.18. The van der Waals surface area contributed by atoms with Crippen molar-refractivity contribution in [3.63, 3.8) is 0 Å². The van der Waals surface area contributed by atoms with E-state index in [1.165, 1.54) is 13.8 Å². The van der Waals surface area contributed by atoms with Crippen LogP contribution in [0, 0.1) is 0 Å². The summed E-state index contributed by atoms with van der Waals surface area (Å²) in [6, 6.07) is 0. The van der Waals surface area contributed by atoms with E-state index in [1.807, 2.05) is 0 Å². The number of amides is 2. The summed E-state index contributed by atoms with van der Waals surface area (Å²) in [5, 5.41) is 32.3. The highest BCUT2D eigenvalue weighted by Crippen LogP contribution is 2.11. The molecule has 1 aliphatic rings. The first-order valence-corrected chi connectivity index (χ1v) is 8.18. The van der Waals surface area contributed by atoms with Gasteiger partial charge in [0.2, 0.25) is 0 Å². The maximum Gasteiger partial charge on any atom is 0.253 e. The van der Waals surface area contributed by atoms with E-state index in [-0.39, 0.29) is 13.1 Å². The third-order valence-corrected chi connectivity index (χ3v) is 3.95. The highest BCUT2D eigenvalue weighted by Gasteiger charge is 2.37. The Morgan fingerprint density at radius 2 is 0.958 bits per heavy atom. The number of hydrogen-bond donors (Lipinski definition) is 6. The van der Waals surface area contributed by atoms with E-state index < -0.39 is 34.1 Å². The van der Waals surface area contributed by atoms with Gasteiger partial charge < -0.3 is 31.5 Å². The summed E-state index contributed by atoms with van der Waals surface area (Å²) in [6.07, 6.45) is 0. The summed E-state index contributed by atoms with van der Waals surface area (Å²) in [7, 11) is 0. The number of aliphatic hydroxyl groups is 2. The predicted octanol–water partition coefficient (Wildman–Crippen LogP) is -1.53. The van der Waals surface area contributed by atoms with E-state index >= 15 is 0 Å². The zero-order valence-electron chi connectivity index (χ0n) is 15.5. The van der Waals surface area contributed by atoms with Crippen LogP contribution in [0.1, 0.15) is 41.5 Å². The van der Waals surface area contributed by atoms with Gasteiger partial charge in [-0.1, -0.05) is 0 Å². The van der Waals surface area contributed by atoms with Crippen molar-refractivity contribution in [2.24, 2.45) is 0 Å². The normalized spacial score (nSPS) is 35.5. The Labute approximate surface area is 143 Å². The van der Waals surface area contributed by atoms with Crippen molar-refractivity contribution in [1.29, 1.82) is 0 Å². The molecular formula is C16H32N4O4. The molecule has 24 heavy (non-hydrogen) atoms. The summed E-state index contributed by atoms with van der Waals surface area (Å²) in [5.41, 5.74) is -4.46. The fraction of sp³-hybridized carbons (Fsp3) is 0.875. The minimum absolute atomic E-state index is 0.0397. The van der Waals surface area contributed by atoms with Gasteiger partial charge in [0.25, 0.3) is 11.8 Å². The highest BCUT2D eigenvalue weighted by atomic mass is 16.3. The molecule has 2 amide bonds. The number of β-amino-alcohol motifs (C(OH)–C–C–N with tert-alkyl or cyclic N) is 2. The van der Waals surface area contributed by atoms with Crippen molar-refractivity contribution >= 4 is 11.8 Å². The van der Waals surface area contributed by atoms with Crippen molar-refractivity contribution in [2.75, 3.05) is 26.2 Å². The zero-order chi connectivity index (χ0) is 18.8. The number of carbonyl (C=O) groups is 2. The number of rotatable bonds is 0. The maximum absolute atomic E-state index is 12.3. The highest BCUT2D eigenvalue weighted by molar-refractivity contribution is 5.86. The molecule has 0 unspecified atom stereocenters. The second-order valence-corrected chi connectivity index (χ2v) is 8.43. The van der Waals surface area contributed by atoms with E-state index in [0.29, 0.717) is 13.1 Å². The third-order valence-electron chi connectivity index (χ3n) is 3.95. The lowest BCUT2D eigenvalue weighted by Crippen LogP contribution is -2.64. The van der Waals surface area contributed by atoms with Gasteiger partial charge >= 0.3 is 0 Å². The van der Waals surface area contributed by atoms with Crippen molar-refractivity contribution in [3.8, 4) is 0 Å². The van der Waals surface area contributed by atoms with Crippen molar-refractivity contribution in [2.45, 2.75) is 63.8 Å². The lowest BCUT2D eigenvalue weighted by atomic mass is 9.97. The van der Waals surface area contributed by atoms with Gasteiger partial charge in [-0.2, -0.15) is 0 Å². The molecule has 8 heteroatoms. The second-order valence-electron chi connectivity index (χ2n) is 8.43. The summed E-state index contributed by atoms with van der Waals surface area (Å²) in [4.78, 5) is 24.6. The lowest BCUT2D eigenvalue weighted by Gasteiger charge is -2.36. The molecule has 0 aromatic carbocycles. The van der Waals surface area contributed by atoms with E-state index in [4.69, 9.17) is 0 Å². The average molecular weight is 344 g/mol. The molecule has 1 saturated heterocycles. The Balaban J connectivity index is 2.98. The van der Waals surface area contributed by atoms with Crippen molar-refractivity contribution in [1.82, 2.24) is 21.3 Å². The van der Waals surface area contributed by atoms with Crippen molar-refractivity contribution in [3.05, 3.63) is 0 Å². The molecule has 6 N–H and O–H groups in total. The SMILES string of the molecule is CC1(C)CNC[C@@](C)(O)C(=O)NC(C)(C)CNC[C@](C)(O)C(=O)N1. The van der Waals surface area contributed by atoms with Gasteiger partial charge in [0.1, 0.15) is 0 Å². The molecule has 8 nitrogen and oxygen atoms in total. The average Bonchev–Trinajstić information content (AvgIpc) is 2.35. The molecule has 1 fully saturated rings. The molecule has 1 aliphatic heterocycles. The minimum Gasteiger partial charge on any atom is -0.379 e. The van der Waals surface area contributed by atoms with Crippen LogP contribution in [0.25, 0.3) is 0 Å². The zero-order valence-corrected chi connectivity index (χ0v) is 15.5. The molecular weight excluding hydrogens is 312 g/mol. The summed E-state index contributed by atoms with van der Waals surface area (Å²) in [5.74, 6) is -0.958. The van der Waals surface area contributed by atoms with E-state index in [0.717, 1.165) is 0 Å². The molecule has 2 atom stereocenters. The molecule has 140 valence electrons. The van der Waals surface area contributed by atoms with Crippen LogP contribution in [0.5, 0.6) is 0 Å². The summed E-state index contributed by atoms with van der Waals surface area (Å²) in [6.45, 7) is 10.8. The van der Waals surface area contributed by atoms with Crippen LogP contribution in [-0.2, 0) is 9.59 Å². The van der Waals surface area contributed by atoms with Crippen molar-refractivity contribution < 1.29 is 19.8 Å². The van der Waals surface area contributed by atoms with Crippen LogP contribution in [0.4, 0.5) is 0 Å². The van der Waals surface area contributed by atoms with Gasteiger partial charge in [0.15, 0.2) is 11.2 Å². The summed E-state index contributed by atoms with van der Waals surface area (Å²) < 4.78 is 0. The molecule has 0 saturated carbocycles. The fourth-order valence-corrected chi connectivity index (χ4v) is 2.37. The van der Waals surface area contributed by atoms with Gasteiger partial charge in [-0.15, -0.1) is 0 Å².